The highest BCUT2D eigenvalue weighted by Crippen LogP contribution is 2.35. The number of rotatable bonds is 4. The highest BCUT2D eigenvalue weighted by atomic mass is 32.2. The number of nitrogens with zero attached hydrogens (tertiary/aromatic N) is 2. The first-order valence-corrected chi connectivity index (χ1v) is 10.4. The zero-order valence-corrected chi connectivity index (χ0v) is 15.4. The lowest BCUT2D eigenvalue weighted by Crippen LogP contribution is -2.27. The number of thiazole rings is 1. The number of aromatic nitrogens is 1. The summed E-state index contributed by atoms with van der Waals surface area (Å²) in [5, 5.41) is 6.52. The van der Waals surface area contributed by atoms with Gasteiger partial charge < -0.3 is 0 Å². The van der Waals surface area contributed by atoms with Crippen molar-refractivity contribution in [2.24, 2.45) is 0 Å². The first kappa shape index (κ1) is 15.8. The summed E-state index contributed by atoms with van der Waals surface area (Å²) in [6, 6.07) is 7.83. The standard InChI is InChI=1S/C16H10N2O2S4/c19-15-13(7-11-3-1-5-21-11)24-16(20)18(15)8-10-9-23-14(17-10)12-4-2-6-22-12/h1-7,9H,8H2/b13-7-. The molecular weight excluding hydrogens is 380 g/mol. The van der Waals surface area contributed by atoms with Crippen molar-refractivity contribution in [1.29, 1.82) is 0 Å². The Kier molecular flexibility index (Phi) is 4.36. The second-order valence-electron chi connectivity index (χ2n) is 4.90. The van der Waals surface area contributed by atoms with Crippen molar-refractivity contribution in [2.75, 3.05) is 0 Å². The van der Waals surface area contributed by atoms with Crippen LogP contribution in [0.25, 0.3) is 16.0 Å². The van der Waals surface area contributed by atoms with Crippen molar-refractivity contribution in [1.82, 2.24) is 9.88 Å². The number of carbonyl (C=O) groups excluding carboxylic acids is 2. The summed E-state index contributed by atoms with van der Waals surface area (Å²) in [6.07, 6.45) is 1.77. The molecule has 3 aromatic heterocycles. The summed E-state index contributed by atoms with van der Waals surface area (Å²) in [5.74, 6) is -0.246. The summed E-state index contributed by atoms with van der Waals surface area (Å²) in [4.78, 5) is 33.0. The van der Waals surface area contributed by atoms with Gasteiger partial charge in [-0.1, -0.05) is 12.1 Å². The van der Waals surface area contributed by atoms with Gasteiger partial charge in [0.15, 0.2) is 0 Å². The summed E-state index contributed by atoms with van der Waals surface area (Å²) in [5.41, 5.74) is 0.739. The van der Waals surface area contributed by atoms with Gasteiger partial charge in [0.1, 0.15) is 5.01 Å². The van der Waals surface area contributed by atoms with E-state index in [1.807, 2.05) is 40.4 Å². The SMILES string of the molecule is O=C1S/C(=C\c2cccs2)C(=O)N1Cc1csc(-c2cccs2)n1. The molecule has 1 fully saturated rings. The minimum atomic E-state index is -0.246. The molecule has 4 heterocycles. The molecular formula is C16H10N2O2S4. The fraction of sp³-hybridized carbons (Fsp3) is 0.0625. The molecule has 4 nitrogen and oxygen atoms in total. The summed E-state index contributed by atoms with van der Waals surface area (Å²) < 4.78 is 0. The number of amides is 2. The Balaban J connectivity index is 1.52. The minimum absolute atomic E-state index is 0.217. The first-order valence-electron chi connectivity index (χ1n) is 6.98. The quantitative estimate of drug-likeness (QED) is 0.577. The Morgan fingerprint density at radius 2 is 1.92 bits per heavy atom. The van der Waals surface area contributed by atoms with Crippen LogP contribution >= 0.6 is 45.8 Å². The second kappa shape index (κ2) is 6.64. The van der Waals surface area contributed by atoms with Gasteiger partial charge in [-0.3, -0.25) is 14.5 Å². The molecule has 0 saturated carbocycles. The molecule has 2 amide bonds. The molecule has 8 heteroatoms. The van der Waals surface area contributed by atoms with Crippen LogP contribution in [-0.2, 0) is 11.3 Å². The number of hydrogen-bond acceptors (Lipinski definition) is 7. The van der Waals surface area contributed by atoms with Gasteiger partial charge in [-0.05, 0) is 40.7 Å². The van der Waals surface area contributed by atoms with E-state index in [2.05, 4.69) is 4.98 Å². The van der Waals surface area contributed by atoms with Gasteiger partial charge in [-0.25, -0.2) is 4.98 Å². The van der Waals surface area contributed by atoms with Crippen LogP contribution < -0.4 is 0 Å². The smallest absolute Gasteiger partial charge is 0.268 e. The Morgan fingerprint density at radius 1 is 1.08 bits per heavy atom. The largest absolute Gasteiger partial charge is 0.293 e. The molecule has 0 N–H and O–H groups in total. The highest BCUT2D eigenvalue weighted by Gasteiger charge is 2.35. The van der Waals surface area contributed by atoms with E-state index < -0.39 is 0 Å². The Labute approximate surface area is 154 Å². The molecule has 0 unspecified atom stereocenters. The normalized spacial score (nSPS) is 16.5. The molecule has 0 spiro atoms. The third-order valence-electron chi connectivity index (χ3n) is 3.29. The van der Waals surface area contributed by atoms with Gasteiger partial charge in [-0.15, -0.1) is 34.0 Å². The van der Waals surface area contributed by atoms with Gasteiger partial charge in [0.25, 0.3) is 11.1 Å². The van der Waals surface area contributed by atoms with Gasteiger partial charge in [0.2, 0.25) is 0 Å². The van der Waals surface area contributed by atoms with Crippen molar-refractivity contribution >= 4 is 63.0 Å². The van der Waals surface area contributed by atoms with E-state index in [0.717, 1.165) is 32.2 Å². The van der Waals surface area contributed by atoms with E-state index in [4.69, 9.17) is 0 Å². The van der Waals surface area contributed by atoms with E-state index in [0.29, 0.717) is 4.91 Å². The van der Waals surface area contributed by atoms with Crippen LogP contribution in [0.15, 0.2) is 45.3 Å². The maximum Gasteiger partial charge on any atom is 0.293 e. The molecule has 24 heavy (non-hydrogen) atoms. The highest BCUT2D eigenvalue weighted by molar-refractivity contribution is 8.18. The van der Waals surface area contributed by atoms with Crippen molar-refractivity contribution in [3.63, 3.8) is 0 Å². The average molecular weight is 391 g/mol. The van der Waals surface area contributed by atoms with Crippen LogP contribution in [0.5, 0.6) is 0 Å². The molecule has 3 aromatic rings. The molecule has 1 saturated heterocycles. The predicted molar refractivity (Wildman–Crippen MR) is 101 cm³/mol. The molecule has 0 bridgehead atoms. The van der Waals surface area contributed by atoms with E-state index in [9.17, 15) is 9.59 Å². The number of thioether (sulfide) groups is 1. The van der Waals surface area contributed by atoms with Gasteiger partial charge >= 0.3 is 0 Å². The third kappa shape index (κ3) is 3.10. The van der Waals surface area contributed by atoms with Crippen molar-refractivity contribution in [3.05, 3.63) is 55.9 Å². The summed E-state index contributed by atoms with van der Waals surface area (Å²) in [6.45, 7) is 0.217. The van der Waals surface area contributed by atoms with Gasteiger partial charge in [0, 0.05) is 10.3 Å². The van der Waals surface area contributed by atoms with Crippen LogP contribution in [0.3, 0.4) is 0 Å². The van der Waals surface area contributed by atoms with Crippen LogP contribution in [-0.4, -0.2) is 21.0 Å². The Morgan fingerprint density at radius 3 is 2.67 bits per heavy atom. The van der Waals surface area contributed by atoms with Crippen molar-refractivity contribution < 1.29 is 9.59 Å². The first-order chi connectivity index (χ1) is 11.7. The van der Waals surface area contributed by atoms with E-state index in [1.54, 1.807) is 17.4 Å². The van der Waals surface area contributed by atoms with Crippen molar-refractivity contribution in [3.8, 4) is 9.88 Å². The molecule has 0 aromatic carbocycles. The maximum atomic E-state index is 12.5. The van der Waals surface area contributed by atoms with Crippen LogP contribution in [0.2, 0.25) is 0 Å². The van der Waals surface area contributed by atoms with Crippen LogP contribution in [0, 0.1) is 0 Å². The molecule has 120 valence electrons. The second-order valence-corrected chi connectivity index (χ2v) is 8.68. The van der Waals surface area contributed by atoms with Gasteiger partial charge in [0.05, 0.1) is 22.0 Å². The number of thiophene rings is 2. The number of carbonyl (C=O) groups is 2. The maximum absolute atomic E-state index is 12.5. The Bertz CT molecular complexity index is 910. The van der Waals surface area contributed by atoms with E-state index in [1.165, 1.54) is 27.6 Å². The monoisotopic (exact) mass is 390 g/mol. The lowest BCUT2D eigenvalue weighted by molar-refractivity contribution is -0.123. The Hall–Kier alpha value is -1.74. The molecule has 0 atom stereocenters. The number of hydrogen-bond donors (Lipinski definition) is 0. The summed E-state index contributed by atoms with van der Waals surface area (Å²) >= 11 is 5.68. The molecule has 1 aliphatic heterocycles. The summed E-state index contributed by atoms with van der Waals surface area (Å²) in [7, 11) is 0. The predicted octanol–water partition coefficient (Wildman–Crippen LogP) is 5.17. The van der Waals surface area contributed by atoms with E-state index in [-0.39, 0.29) is 17.7 Å². The molecule has 4 rings (SSSR count). The van der Waals surface area contributed by atoms with Crippen LogP contribution in [0.1, 0.15) is 10.6 Å². The minimum Gasteiger partial charge on any atom is -0.268 e. The zero-order chi connectivity index (χ0) is 16.5. The fourth-order valence-electron chi connectivity index (χ4n) is 2.19. The third-order valence-corrected chi connectivity index (χ3v) is 6.95. The lowest BCUT2D eigenvalue weighted by atomic mass is 10.3. The average Bonchev–Trinajstić information content (AvgIpc) is 3.33. The fourth-order valence-corrected chi connectivity index (χ4v) is 5.38. The zero-order valence-electron chi connectivity index (χ0n) is 12.2. The van der Waals surface area contributed by atoms with E-state index >= 15 is 0 Å². The van der Waals surface area contributed by atoms with Crippen LogP contribution in [0.4, 0.5) is 4.79 Å². The molecule has 1 aliphatic rings. The molecule has 0 radical (unpaired) electrons. The lowest BCUT2D eigenvalue weighted by Gasteiger charge is -2.09. The number of imide groups is 1. The van der Waals surface area contributed by atoms with Gasteiger partial charge in [-0.2, -0.15) is 0 Å². The van der Waals surface area contributed by atoms with Crippen molar-refractivity contribution in [2.45, 2.75) is 6.54 Å². The molecule has 0 aliphatic carbocycles. The topological polar surface area (TPSA) is 50.3 Å².